The number of hydrogen-bond donors (Lipinski definition) is 0. The first-order valence-electron chi connectivity index (χ1n) is 8.16. The molecule has 116 valence electrons. The van der Waals surface area contributed by atoms with Gasteiger partial charge in [0.15, 0.2) is 0 Å². The van der Waals surface area contributed by atoms with E-state index in [2.05, 4.69) is 4.74 Å². The van der Waals surface area contributed by atoms with Crippen LogP contribution in [-0.4, -0.2) is 49.7 Å². The normalized spacial score (nSPS) is 43.6. The van der Waals surface area contributed by atoms with Crippen molar-refractivity contribution >= 4 is 11.9 Å². The van der Waals surface area contributed by atoms with Crippen molar-refractivity contribution < 1.29 is 19.1 Å². The Labute approximate surface area is 125 Å². The van der Waals surface area contributed by atoms with Crippen molar-refractivity contribution in [2.75, 3.05) is 26.8 Å². The minimum atomic E-state index is -0.268. The summed E-state index contributed by atoms with van der Waals surface area (Å²) in [5, 5.41) is 0. The molecule has 4 rings (SSSR count). The molecule has 1 heterocycles. The molecular formula is C16H23NO4. The Morgan fingerprint density at radius 2 is 1.95 bits per heavy atom. The van der Waals surface area contributed by atoms with Crippen LogP contribution in [0, 0.1) is 29.6 Å². The van der Waals surface area contributed by atoms with Crippen LogP contribution in [0.3, 0.4) is 0 Å². The van der Waals surface area contributed by atoms with Gasteiger partial charge in [0, 0.05) is 19.0 Å². The molecule has 0 aromatic carbocycles. The van der Waals surface area contributed by atoms with Gasteiger partial charge in [0.25, 0.3) is 0 Å². The maximum atomic E-state index is 12.7. The summed E-state index contributed by atoms with van der Waals surface area (Å²) in [4.78, 5) is 26.0. The summed E-state index contributed by atoms with van der Waals surface area (Å²) in [6.07, 6.45) is 4.08. The van der Waals surface area contributed by atoms with Gasteiger partial charge in [-0.15, -0.1) is 0 Å². The molecule has 21 heavy (non-hydrogen) atoms. The summed E-state index contributed by atoms with van der Waals surface area (Å²) >= 11 is 0. The minimum absolute atomic E-state index is 0.203. The number of hydrogen-bond acceptors (Lipinski definition) is 4. The standard InChI is InChI=1S/C16H23NO4/c1-20-12(18)7-11-8-17(4-5-21-11)16(19)15-13-9-2-3-10(6-9)14(13)15/h9-11,13-15H,2-8H2,1H3. The van der Waals surface area contributed by atoms with Crippen molar-refractivity contribution in [2.45, 2.75) is 31.8 Å². The largest absolute Gasteiger partial charge is 0.469 e. The number of rotatable bonds is 3. The summed E-state index contributed by atoms with van der Waals surface area (Å²) in [6.45, 7) is 1.74. The van der Waals surface area contributed by atoms with Gasteiger partial charge in [-0.3, -0.25) is 9.59 Å². The van der Waals surface area contributed by atoms with Crippen molar-refractivity contribution in [3.05, 3.63) is 0 Å². The average molecular weight is 293 g/mol. The minimum Gasteiger partial charge on any atom is -0.469 e. The van der Waals surface area contributed by atoms with Gasteiger partial charge in [0.2, 0.25) is 5.91 Å². The molecule has 0 radical (unpaired) electrons. The van der Waals surface area contributed by atoms with Gasteiger partial charge in [0.05, 0.1) is 26.2 Å². The van der Waals surface area contributed by atoms with Crippen LogP contribution < -0.4 is 0 Å². The molecule has 5 nitrogen and oxygen atoms in total. The van der Waals surface area contributed by atoms with E-state index in [0.29, 0.717) is 37.4 Å². The van der Waals surface area contributed by atoms with Gasteiger partial charge in [0.1, 0.15) is 0 Å². The first kappa shape index (κ1) is 13.6. The van der Waals surface area contributed by atoms with E-state index in [4.69, 9.17) is 4.74 Å². The molecule has 5 heteroatoms. The second-order valence-corrected chi connectivity index (χ2v) is 7.07. The van der Waals surface area contributed by atoms with E-state index in [1.807, 2.05) is 4.90 Å². The van der Waals surface area contributed by atoms with Crippen LogP contribution in [0.2, 0.25) is 0 Å². The first-order valence-corrected chi connectivity index (χ1v) is 8.16. The number of nitrogens with zero attached hydrogens (tertiary/aromatic N) is 1. The van der Waals surface area contributed by atoms with Crippen LogP contribution in [0.15, 0.2) is 0 Å². The van der Waals surface area contributed by atoms with E-state index in [9.17, 15) is 9.59 Å². The SMILES string of the molecule is COC(=O)CC1CN(C(=O)C2C3C4CCC(C4)C23)CCO1. The lowest BCUT2D eigenvalue weighted by Gasteiger charge is -2.33. The number of ether oxygens (including phenoxy) is 2. The third-order valence-corrected chi connectivity index (χ3v) is 6.09. The number of carbonyl (C=O) groups is 2. The second kappa shape index (κ2) is 4.97. The molecule has 1 amide bonds. The van der Waals surface area contributed by atoms with E-state index in [0.717, 1.165) is 11.8 Å². The molecule has 3 saturated carbocycles. The van der Waals surface area contributed by atoms with Gasteiger partial charge in [-0.25, -0.2) is 0 Å². The Kier molecular flexibility index (Phi) is 3.21. The molecule has 1 saturated heterocycles. The summed E-state index contributed by atoms with van der Waals surface area (Å²) in [5.41, 5.74) is 0. The van der Waals surface area contributed by atoms with E-state index >= 15 is 0 Å². The van der Waals surface area contributed by atoms with Gasteiger partial charge >= 0.3 is 5.97 Å². The maximum absolute atomic E-state index is 12.7. The highest BCUT2D eigenvalue weighted by molar-refractivity contribution is 5.83. The summed E-state index contributed by atoms with van der Waals surface area (Å²) in [6, 6.07) is 0. The predicted octanol–water partition coefficient (Wildman–Crippen LogP) is 1.07. The van der Waals surface area contributed by atoms with Crippen molar-refractivity contribution in [2.24, 2.45) is 29.6 Å². The summed E-state index contributed by atoms with van der Waals surface area (Å²) in [7, 11) is 1.38. The summed E-state index contributed by atoms with van der Waals surface area (Å²) in [5.74, 6) is 3.33. The highest BCUT2D eigenvalue weighted by atomic mass is 16.5. The fourth-order valence-corrected chi connectivity index (χ4v) is 5.18. The monoisotopic (exact) mass is 293 g/mol. The zero-order chi connectivity index (χ0) is 14.6. The third-order valence-electron chi connectivity index (χ3n) is 6.09. The van der Waals surface area contributed by atoms with Crippen molar-refractivity contribution in [3.63, 3.8) is 0 Å². The topological polar surface area (TPSA) is 55.8 Å². The first-order chi connectivity index (χ1) is 10.2. The van der Waals surface area contributed by atoms with Crippen molar-refractivity contribution in [1.82, 2.24) is 4.90 Å². The maximum Gasteiger partial charge on any atom is 0.308 e. The van der Waals surface area contributed by atoms with Crippen molar-refractivity contribution in [1.29, 1.82) is 0 Å². The third kappa shape index (κ3) is 2.17. The number of morpholine rings is 1. The Hall–Kier alpha value is -1.10. The lowest BCUT2D eigenvalue weighted by Crippen LogP contribution is -2.47. The van der Waals surface area contributed by atoms with E-state index in [1.165, 1.54) is 26.4 Å². The molecule has 5 unspecified atom stereocenters. The highest BCUT2D eigenvalue weighted by Crippen LogP contribution is 2.69. The highest BCUT2D eigenvalue weighted by Gasteiger charge is 2.68. The second-order valence-electron chi connectivity index (χ2n) is 7.07. The number of esters is 1. The molecule has 3 aliphatic carbocycles. The summed E-state index contributed by atoms with van der Waals surface area (Å²) < 4.78 is 10.3. The quantitative estimate of drug-likeness (QED) is 0.730. The van der Waals surface area contributed by atoms with Gasteiger partial charge in [-0.1, -0.05) is 0 Å². The smallest absolute Gasteiger partial charge is 0.308 e. The fourth-order valence-electron chi connectivity index (χ4n) is 5.18. The number of methoxy groups -OCH3 is 1. The Bertz CT molecular complexity index is 449. The molecule has 0 spiro atoms. The van der Waals surface area contributed by atoms with Crippen LogP contribution in [0.4, 0.5) is 0 Å². The molecule has 1 aliphatic heterocycles. The fraction of sp³-hybridized carbons (Fsp3) is 0.875. The molecule has 0 aromatic heterocycles. The van der Waals surface area contributed by atoms with Crippen LogP contribution in [0.5, 0.6) is 0 Å². The van der Waals surface area contributed by atoms with Crippen molar-refractivity contribution in [3.8, 4) is 0 Å². The van der Waals surface area contributed by atoms with E-state index < -0.39 is 0 Å². The molecular weight excluding hydrogens is 270 g/mol. The van der Waals surface area contributed by atoms with Crippen LogP contribution in [0.25, 0.3) is 0 Å². The zero-order valence-electron chi connectivity index (χ0n) is 12.5. The molecule has 5 atom stereocenters. The lowest BCUT2D eigenvalue weighted by molar-refractivity contribution is -0.150. The number of fused-ring (bicyclic) bond motifs is 5. The Balaban J connectivity index is 1.36. The molecule has 2 bridgehead atoms. The average Bonchev–Trinajstić information content (AvgIpc) is 2.93. The van der Waals surface area contributed by atoms with Gasteiger partial charge in [-0.2, -0.15) is 0 Å². The van der Waals surface area contributed by atoms with Gasteiger partial charge < -0.3 is 14.4 Å². The molecule has 4 aliphatic rings. The number of carbonyl (C=O) groups excluding carboxylic acids is 2. The lowest BCUT2D eigenvalue weighted by atomic mass is 10.0. The number of amides is 1. The Morgan fingerprint density at radius 1 is 1.24 bits per heavy atom. The van der Waals surface area contributed by atoms with Gasteiger partial charge in [-0.05, 0) is 42.9 Å². The van der Waals surface area contributed by atoms with E-state index in [-0.39, 0.29) is 24.4 Å². The predicted molar refractivity (Wildman–Crippen MR) is 74.3 cm³/mol. The van der Waals surface area contributed by atoms with Crippen LogP contribution >= 0.6 is 0 Å². The Morgan fingerprint density at radius 3 is 2.62 bits per heavy atom. The molecule has 4 fully saturated rings. The zero-order valence-corrected chi connectivity index (χ0v) is 12.5. The molecule has 0 aromatic rings. The molecule has 0 N–H and O–H groups in total. The van der Waals surface area contributed by atoms with Crippen LogP contribution in [-0.2, 0) is 19.1 Å². The van der Waals surface area contributed by atoms with E-state index in [1.54, 1.807) is 0 Å². The van der Waals surface area contributed by atoms with Crippen LogP contribution in [0.1, 0.15) is 25.7 Å².